The van der Waals surface area contributed by atoms with Crippen LogP contribution in [0.25, 0.3) is 0 Å². The molecule has 4 heteroatoms. The lowest BCUT2D eigenvalue weighted by atomic mass is 10.0. The lowest BCUT2D eigenvalue weighted by Crippen LogP contribution is -2.12. The second-order valence-electron chi connectivity index (χ2n) is 4.65. The fourth-order valence-corrected chi connectivity index (χ4v) is 3.48. The van der Waals surface area contributed by atoms with Crippen molar-refractivity contribution in [1.29, 1.82) is 0 Å². The van der Waals surface area contributed by atoms with E-state index in [0.29, 0.717) is 0 Å². The normalized spacial score (nSPS) is 12.5. The van der Waals surface area contributed by atoms with Crippen LogP contribution in [0.5, 0.6) is 5.75 Å². The Morgan fingerprint density at radius 1 is 1.32 bits per heavy atom. The van der Waals surface area contributed by atoms with Crippen LogP contribution in [0.4, 0.5) is 0 Å². The van der Waals surface area contributed by atoms with Crippen LogP contribution in [0, 0.1) is 13.8 Å². The molecule has 0 bridgehead atoms. The predicted octanol–water partition coefficient (Wildman–Crippen LogP) is 4.38. The first-order valence-electron chi connectivity index (χ1n) is 6.16. The molecular weight excluding hydrogens is 322 g/mol. The van der Waals surface area contributed by atoms with Gasteiger partial charge in [0.2, 0.25) is 0 Å². The Morgan fingerprint density at radius 3 is 2.63 bits per heavy atom. The van der Waals surface area contributed by atoms with Gasteiger partial charge in [0.25, 0.3) is 0 Å². The molecule has 1 atom stereocenters. The van der Waals surface area contributed by atoms with Crippen LogP contribution >= 0.6 is 27.3 Å². The topological polar surface area (TPSA) is 35.2 Å². The van der Waals surface area contributed by atoms with E-state index >= 15 is 0 Å². The van der Waals surface area contributed by atoms with Crippen molar-refractivity contribution < 1.29 is 4.74 Å². The molecule has 2 nitrogen and oxygen atoms in total. The van der Waals surface area contributed by atoms with Crippen molar-refractivity contribution >= 4 is 27.3 Å². The maximum atomic E-state index is 6.32. The summed E-state index contributed by atoms with van der Waals surface area (Å²) in [4.78, 5) is 2.57. The number of nitrogens with two attached hydrogens (primary N) is 1. The van der Waals surface area contributed by atoms with Gasteiger partial charge in [-0.15, -0.1) is 11.3 Å². The molecule has 0 saturated heterocycles. The van der Waals surface area contributed by atoms with Crippen molar-refractivity contribution in [2.45, 2.75) is 26.3 Å². The zero-order chi connectivity index (χ0) is 14.0. The molecule has 1 aromatic carbocycles. The van der Waals surface area contributed by atoms with Crippen LogP contribution in [0.1, 0.15) is 26.9 Å². The molecule has 1 heterocycles. The Balaban J connectivity index is 2.23. The number of rotatable bonds is 4. The molecule has 1 unspecified atom stereocenters. The summed E-state index contributed by atoms with van der Waals surface area (Å²) in [5, 5.41) is 0. The highest BCUT2D eigenvalue weighted by Crippen LogP contribution is 2.31. The molecule has 19 heavy (non-hydrogen) atoms. The molecule has 0 aliphatic heterocycles. The van der Waals surface area contributed by atoms with Crippen LogP contribution in [-0.4, -0.2) is 7.11 Å². The van der Waals surface area contributed by atoms with Crippen molar-refractivity contribution in [3.8, 4) is 5.75 Å². The fraction of sp³-hybridized carbons (Fsp3) is 0.333. The van der Waals surface area contributed by atoms with Gasteiger partial charge in [-0.25, -0.2) is 0 Å². The Hall–Kier alpha value is -0.840. The smallest absolute Gasteiger partial charge is 0.122 e. The van der Waals surface area contributed by atoms with E-state index in [1.165, 1.54) is 15.3 Å². The lowest BCUT2D eigenvalue weighted by molar-refractivity contribution is 0.408. The van der Waals surface area contributed by atoms with Gasteiger partial charge < -0.3 is 10.5 Å². The average Bonchev–Trinajstić information content (AvgIpc) is 2.70. The SMILES string of the molecule is COc1ccc(Br)cc1CC(N)c1cc(C)c(C)s1. The molecule has 2 aromatic rings. The molecule has 1 aromatic heterocycles. The highest BCUT2D eigenvalue weighted by Gasteiger charge is 2.14. The predicted molar refractivity (Wildman–Crippen MR) is 85.1 cm³/mol. The lowest BCUT2D eigenvalue weighted by Gasteiger charge is -2.13. The minimum Gasteiger partial charge on any atom is -0.496 e. The monoisotopic (exact) mass is 339 g/mol. The summed E-state index contributed by atoms with van der Waals surface area (Å²) in [5.74, 6) is 0.892. The summed E-state index contributed by atoms with van der Waals surface area (Å²) < 4.78 is 6.44. The number of halogens is 1. The average molecular weight is 340 g/mol. The Bertz CT molecular complexity index is 560. The van der Waals surface area contributed by atoms with Crippen LogP contribution in [-0.2, 0) is 6.42 Å². The summed E-state index contributed by atoms with van der Waals surface area (Å²) in [6.07, 6.45) is 0.780. The van der Waals surface area contributed by atoms with E-state index in [4.69, 9.17) is 10.5 Å². The van der Waals surface area contributed by atoms with Crippen LogP contribution in [0.2, 0.25) is 0 Å². The van der Waals surface area contributed by atoms with E-state index in [-0.39, 0.29) is 6.04 Å². The van der Waals surface area contributed by atoms with Crippen LogP contribution in [0.3, 0.4) is 0 Å². The van der Waals surface area contributed by atoms with Crippen molar-refractivity contribution in [3.05, 3.63) is 49.6 Å². The van der Waals surface area contributed by atoms with Crippen molar-refractivity contribution in [1.82, 2.24) is 0 Å². The molecule has 0 amide bonds. The Kier molecular flexibility index (Phi) is 4.66. The number of methoxy groups -OCH3 is 1. The van der Waals surface area contributed by atoms with Crippen LogP contribution < -0.4 is 10.5 Å². The molecule has 0 fully saturated rings. The second-order valence-corrected chi connectivity index (χ2v) is 6.86. The molecule has 0 aliphatic rings. The standard InChI is InChI=1S/C15H18BrNOS/c1-9-6-15(19-10(9)2)13(17)8-11-7-12(16)4-5-14(11)18-3/h4-7,13H,8,17H2,1-3H3. The summed E-state index contributed by atoms with van der Waals surface area (Å²) in [5.41, 5.74) is 8.77. The Labute approximate surface area is 126 Å². The van der Waals surface area contributed by atoms with Gasteiger partial charge in [0.1, 0.15) is 5.75 Å². The van der Waals surface area contributed by atoms with Crippen molar-refractivity contribution in [2.75, 3.05) is 7.11 Å². The molecule has 2 rings (SSSR count). The van der Waals surface area contributed by atoms with E-state index in [0.717, 1.165) is 22.2 Å². The number of thiophene rings is 1. The maximum absolute atomic E-state index is 6.32. The third-order valence-electron chi connectivity index (χ3n) is 3.23. The van der Waals surface area contributed by atoms with Gasteiger partial charge in [0.15, 0.2) is 0 Å². The maximum Gasteiger partial charge on any atom is 0.122 e. The molecule has 102 valence electrons. The number of benzene rings is 1. The quantitative estimate of drug-likeness (QED) is 0.897. The fourth-order valence-electron chi connectivity index (χ4n) is 2.03. The first-order chi connectivity index (χ1) is 9.01. The molecule has 0 radical (unpaired) electrons. The number of aryl methyl sites for hydroxylation is 2. The van der Waals surface area contributed by atoms with E-state index in [9.17, 15) is 0 Å². The van der Waals surface area contributed by atoms with E-state index in [1.54, 1.807) is 18.4 Å². The van der Waals surface area contributed by atoms with Gasteiger partial charge in [-0.05, 0) is 55.7 Å². The summed E-state index contributed by atoms with van der Waals surface area (Å²) >= 11 is 5.28. The zero-order valence-electron chi connectivity index (χ0n) is 11.4. The van der Waals surface area contributed by atoms with Crippen LogP contribution in [0.15, 0.2) is 28.7 Å². The Morgan fingerprint density at radius 2 is 2.05 bits per heavy atom. The third kappa shape index (κ3) is 3.38. The van der Waals surface area contributed by atoms with Gasteiger partial charge in [0, 0.05) is 20.3 Å². The molecule has 0 aliphatic carbocycles. The minimum atomic E-state index is 0.0144. The number of ether oxygens (including phenoxy) is 1. The summed E-state index contributed by atoms with van der Waals surface area (Å²) in [6, 6.07) is 8.23. The highest BCUT2D eigenvalue weighted by atomic mass is 79.9. The summed E-state index contributed by atoms with van der Waals surface area (Å²) in [6.45, 7) is 4.26. The third-order valence-corrected chi connectivity index (χ3v) is 5.01. The number of hydrogen-bond donors (Lipinski definition) is 1. The van der Waals surface area contributed by atoms with E-state index in [1.807, 2.05) is 12.1 Å². The van der Waals surface area contributed by atoms with Gasteiger partial charge in [-0.3, -0.25) is 0 Å². The molecule has 0 spiro atoms. The van der Waals surface area contributed by atoms with Gasteiger partial charge in [-0.2, -0.15) is 0 Å². The summed E-state index contributed by atoms with van der Waals surface area (Å²) in [7, 11) is 1.69. The second kappa shape index (κ2) is 6.07. The van der Waals surface area contributed by atoms with Gasteiger partial charge >= 0.3 is 0 Å². The number of hydrogen-bond acceptors (Lipinski definition) is 3. The minimum absolute atomic E-state index is 0.0144. The molecule has 0 saturated carbocycles. The van der Waals surface area contributed by atoms with E-state index < -0.39 is 0 Å². The zero-order valence-corrected chi connectivity index (χ0v) is 13.8. The van der Waals surface area contributed by atoms with Gasteiger partial charge in [0.05, 0.1) is 7.11 Å². The molecular formula is C15H18BrNOS. The largest absolute Gasteiger partial charge is 0.496 e. The van der Waals surface area contributed by atoms with Gasteiger partial charge in [-0.1, -0.05) is 15.9 Å². The molecule has 2 N–H and O–H groups in total. The van der Waals surface area contributed by atoms with Crippen molar-refractivity contribution in [2.24, 2.45) is 5.73 Å². The first-order valence-corrected chi connectivity index (χ1v) is 7.77. The van der Waals surface area contributed by atoms with E-state index in [2.05, 4.69) is 41.9 Å². The van der Waals surface area contributed by atoms with Crippen molar-refractivity contribution in [3.63, 3.8) is 0 Å². The highest BCUT2D eigenvalue weighted by molar-refractivity contribution is 9.10. The first kappa shape index (κ1) is 14.6.